The summed E-state index contributed by atoms with van der Waals surface area (Å²) in [6.45, 7) is 3.09. The Labute approximate surface area is 101 Å². The number of ether oxygens (including phenoxy) is 2. The fourth-order valence-corrected chi connectivity index (χ4v) is 2.64. The second kappa shape index (κ2) is 4.06. The maximum Gasteiger partial charge on any atom is 0.309 e. The lowest BCUT2D eigenvalue weighted by Gasteiger charge is -2.06. The zero-order valence-corrected chi connectivity index (χ0v) is 9.94. The minimum absolute atomic E-state index is 0.0472. The minimum atomic E-state index is -0.0472. The smallest absolute Gasteiger partial charge is 0.309 e. The summed E-state index contributed by atoms with van der Waals surface area (Å²) < 4.78 is 10.6. The van der Waals surface area contributed by atoms with Crippen molar-refractivity contribution in [1.29, 1.82) is 0 Å². The van der Waals surface area contributed by atoms with Crippen LogP contribution in [0.2, 0.25) is 0 Å². The van der Waals surface area contributed by atoms with Crippen molar-refractivity contribution in [3.05, 3.63) is 29.3 Å². The Morgan fingerprint density at radius 1 is 1.53 bits per heavy atom. The average Bonchev–Trinajstić information content (AvgIpc) is 2.98. The Kier molecular flexibility index (Phi) is 2.54. The van der Waals surface area contributed by atoms with E-state index in [2.05, 4.69) is 6.07 Å². The van der Waals surface area contributed by atoms with Gasteiger partial charge in [-0.05, 0) is 30.9 Å². The predicted molar refractivity (Wildman–Crippen MR) is 63.1 cm³/mol. The first-order valence-electron chi connectivity index (χ1n) is 6.22. The zero-order chi connectivity index (χ0) is 11.8. The van der Waals surface area contributed by atoms with Gasteiger partial charge in [0.1, 0.15) is 5.75 Å². The molecule has 0 aromatic heterocycles. The molecule has 1 heterocycles. The van der Waals surface area contributed by atoms with Gasteiger partial charge in [-0.15, -0.1) is 0 Å². The molecule has 1 aliphatic heterocycles. The Morgan fingerprint density at radius 2 is 2.41 bits per heavy atom. The molecule has 90 valence electrons. The maximum absolute atomic E-state index is 11.6. The van der Waals surface area contributed by atoms with E-state index in [4.69, 9.17) is 9.47 Å². The molecule has 0 unspecified atom stereocenters. The van der Waals surface area contributed by atoms with Crippen LogP contribution in [-0.2, 0) is 16.0 Å². The van der Waals surface area contributed by atoms with E-state index < -0.39 is 0 Å². The molecule has 3 rings (SSSR count). The summed E-state index contributed by atoms with van der Waals surface area (Å²) in [5.41, 5.74) is 2.59. The first-order chi connectivity index (χ1) is 8.31. The summed E-state index contributed by atoms with van der Waals surface area (Å²) in [5.74, 6) is 1.37. The van der Waals surface area contributed by atoms with Gasteiger partial charge in [-0.2, -0.15) is 0 Å². The summed E-state index contributed by atoms with van der Waals surface area (Å²) in [4.78, 5) is 11.6. The van der Waals surface area contributed by atoms with Crippen LogP contribution in [0.15, 0.2) is 18.2 Å². The Balaban J connectivity index is 1.79. The van der Waals surface area contributed by atoms with Crippen LogP contribution < -0.4 is 4.74 Å². The van der Waals surface area contributed by atoms with Crippen LogP contribution in [0.4, 0.5) is 0 Å². The second-order valence-electron chi connectivity index (χ2n) is 4.62. The largest absolute Gasteiger partial charge is 0.493 e. The summed E-state index contributed by atoms with van der Waals surface area (Å²) >= 11 is 0. The third-order valence-electron chi connectivity index (χ3n) is 3.56. The number of esters is 1. The topological polar surface area (TPSA) is 35.5 Å². The van der Waals surface area contributed by atoms with Crippen molar-refractivity contribution in [3.8, 4) is 5.75 Å². The first kappa shape index (κ1) is 10.6. The summed E-state index contributed by atoms with van der Waals surface area (Å²) in [7, 11) is 0. The van der Waals surface area contributed by atoms with Crippen LogP contribution in [0.5, 0.6) is 5.75 Å². The molecule has 0 amide bonds. The van der Waals surface area contributed by atoms with Gasteiger partial charge in [0.2, 0.25) is 0 Å². The van der Waals surface area contributed by atoms with Crippen LogP contribution >= 0.6 is 0 Å². The van der Waals surface area contributed by atoms with Gasteiger partial charge in [0.05, 0.1) is 19.1 Å². The number of hydrogen-bond donors (Lipinski definition) is 0. The number of carbonyl (C=O) groups is 1. The highest BCUT2D eigenvalue weighted by Crippen LogP contribution is 2.51. The Hall–Kier alpha value is -1.51. The van der Waals surface area contributed by atoms with Gasteiger partial charge in [0.25, 0.3) is 0 Å². The molecule has 1 aromatic carbocycles. The lowest BCUT2D eigenvalue weighted by atomic mass is 10.00. The van der Waals surface area contributed by atoms with E-state index in [1.165, 1.54) is 11.1 Å². The number of hydrogen-bond acceptors (Lipinski definition) is 3. The summed E-state index contributed by atoms with van der Waals surface area (Å²) in [6.07, 6.45) is 1.90. The maximum atomic E-state index is 11.6. The molecule has 1 saturated carbocycles. The van der Waals surface area contributed by atoms with E-state index in [1.54, 1.807) is 0 Å². The van der Waals surface area contributed by atoms with E-state index in [9.17, 15) is 4.79 Å². The number of rotatable bonds is 3. The highest BCUT2D eigenvalue weighted by Gasteiger charge is 2.46. The standard InChI is InChI=1S/C14H16O3/c1-2-16-14(15)12-8-11(12)9-4-3-5-13-10(9)6-7-17-13/h3-5,11-12H,2,6-8H2,1H3/t11-,12+/m0/s1. The van der Waals surface area contributed by atoms with Gasteiger partial charge in [-0.3, -0.25) is 4.79 Å². The predicted octanol–water partition coefficient (Wildman–Crippen LogP) is 2.29. The van der Waals surface area contributed by atoms with E-state index in [1.807, 2.05) is 19.1 Å². The number of carbonyl (C=O) groups excluding carboxylic acids is 1. The average molecular weight is 232 g/mol. The van der Waals surface area contributed by atoms with Crippen molar-refractivity contribution < 1.29 is 14.3 Å². The highest BCUT2D eigenvalue weighted by molar-refractivity contribution is 5.77. The fraction of sp³-hybridized carbons (Fsp3) is 0.500. The highest BCUT2D eigenvalue weighted by atomic mass is 16.5. The van der Waals surface area contributed by atoms with E-state index in [0.717, 1.165) is 25.2 Å². The van der Waals surface area contributed by atoms with Crippen molar-refractivity contribution in [2.45, 2.75) is 25.7 Å². The molecular weight excluding hydrogens is 216 g/mol. The lowest BCUT2D eigenvalue weighted by molar-refractivity contribution is -0.144. The lowest BCUT2D eigenvalue weighted by Crippen LogP contribution is -2.07. The van der Waals surface area contributed by atoms with Crippen molar-refractivity contribution in [1.82, 2.24) is 0 Å². The van der Waals surface area contributed by atoms with E-state index >= 15 is 0 Å². The molecule has 1 aliphatic carbocycles. The molecule has 0 spiro atoms. The molecule has 3 heteroatoms. The van der Waals surface area contributed by atoms with Crippen molar-refractivity contribution in [3.63, 3.8) is 0 Å². The van der Waals surface area contributed by atoms with Crippen LogP contribution in [0.25, 0.3) is 0 Å². The van der Waals surface area contributed by atoms with Crippen molar-refractivity contribution >= 4 is 5.97 Å². The number of fused-ring (bicyclic) bond motifs is 1. The van der Waals surface area contributed by atoms with E-state index in [0.29, 0.717) is 12.5 Å². The monoisotopic (exact) mass is 232 g/mol. The normalized spacial score (nSPS) is 25.0. The fourth-order valence-electron chi connectivity index (χ4n) is 2.64. The zero-order valence-electron chi connectivity index (χ0n) is 9.94. The van der Waals surface area contributed by atoms with Gasteiger partial charge in [-0.1, -0.05) is 12.1 Å². The summed E-state index contributed by atoms with van der Waals surface area (Å²) in [6, 6.07) is 6.14. The van der Waals surface area contributed by atoms with Crippen LogP contribution in [0, 0.1) is 5.92 Å². The van der Waals surface area contributed by atoms with Gasteiger partial charge < -0.3 is 9.47 Å². The Morgan fingerprint density at radius 3 is 3.24 bits per heavy atom. The third kappa shape index (κ3) is 1.79. The molecule has 0 saturated heterocycles. The molecule has 0 radical (unpaired) electrons. The molecule has 17 heavy (non-hydrogen) atoms. The molecular formula is C14H16O3. The summed E-state index contributed by atoms with van der Waals surface area (Å²) in [5, 5.41) is 0. The quantitative estimate of drug-likeness (QED) is 0.750. The van der Waals surface area contributed by atoms with Crippen LogP contribution in [-0.4, -0.2) is 19.2 Å². The van der Waals surface area contributed by atoms with Crippen LogP contribution in [0.1, 0.15) is 30.4 Å². The van der Waals surface area contributed by atoms with Crippen LogP contribution in [0.3, 0.4) is 0 Å². The van der Waals surface area contributed by atoms with Gasteiger partial charge in [0, 0.05) is 12.0 Å². The second-order valence-corrected chi connectivity index (χ2v) is 4.62. The molecule has 0 N–H and O–H groups in total. The van der Waals surface area contributed by atoms with Gasteiger partial charge >= 0.3 is 5.97 Å². The van der Waals surface area contributed by atoms with Crippen molar-refractivity contribution in [2.75, 3.05) is 13.2 Å². The molecule has 3 nitrogen and oxygen atoms in total. The number of benzene rings is 1. The Bertz CT molecular complexity index is 453. The molecule has 2 aliphatic rings. The third-order valence-corrected chi connectivity index (χ3v) is 3.56. The molecule has 2 atom stereocenters. The molecule has 0 bridgehead atoms. The van der Waals surface area contributed by atoms with E-state index in [-0.39, 0.29) is 11.9 Å². The van der Waals surface area contributed by atoms with Gasteiger partial charge in [-0.25, -0.2) is 0 Å². The van der Waals surface area contributed by atoms with Crippen molar-refractivity contribution in [2.24, 2.45) is 5.92 Å². The molecule has 1 fully saturated rings. The first-order valence-corrected chi connectivity index (χ1v) is 6.22. The van der Waals surface area contributed by atoms with Gasteiger partial charge in [0.15, 0.2) is 0 Å². The SMILES string of the molecule is CCOC(=O)[C@@H]1C[C@H]1c1cccc2c1CCO2. The molecule has 1 aromatic rings. The minimum Gasteiger partial charge on any atom is -0.493 e.